The molecule has 0 spiro atoms. The molecule has 94 valence electrons. The Labute approximate surface area is 117 Å². The van der Waals surface area contributed by atoms with Crippen molar-refractivity contribution in [2.45, 2.75) is 6.92 Å². The van der Waals surface area contributed by atoms with Crippen LogP contribution in [0.25, 0.3) is 0 Å². The second-order valence-corrected chi connectivity index (χ2v) is 5.36. The number of carbonyl (C=O) groups excluding carboxylic acids is 1. The Morgan fingerprint density at radius 3 is 2.61 bits per heavy atom. The molecule has 0 bridgehead atoms. The fourth-order valence-corrected chi connectivity index (χ4v) is 2.34. The molecule has 1 aromatic carbocycles. The zero-order valence-electron chi connectivity index (χ0n) is 9.68. The summed E-state index contributed by atoms with van der Waals surface area (Å²) in [4.78, 5) is 12.0. The van der Waals surface area contributed by atoms with E-state index in [-0.39, 0.29) is 5.97 Å². The summed E-state index contributed by atoms with van der Waals surface area (Å²) in [6.07, 6.45) is 0. The molecule has 1 aromatic heterocycles. The highest BCUT2D eigenvalue weighted by Crippen LogP contribution is 2.30. The van der Waals surface area contributed by atoms with Crippen LogP contribution in [0, 0.1) is 0 Å². The monoisotopic (exact) mass is 326 g/mol. The van der Waals surface area contributed by atoms with Gasteiger partial charge in [-0.1, -0.05) is 27.3 Å². The minimum absolute atomic E-state index is 0.312. The molecule has 0 N–H and O–H groups in total. The first-order valence-corrected chi connectivity index (χ1v) is 7.00. The van der Waals surface area contributed by atoms with Crippen molar-refractivity contribution in [3.05, 3.63) is 45.7 Å². The van der Waals surface area contributed by atoms with Crippen LogP contribution in [0.4, 0.5) is 0 Å². The van der Waals surface area contributed by atoms with Gasteiger partial charge in [-0.2, -0.15) is 0 Å². The predicted octanol–water partition coefficient (Wildman–Crippen LogP) is 4.48. The molecule has 5 heteroatoms. The molecule has 0 aliphatic heterocycles. The molecule has 0 aliphatic rings. The van der Waals surface area contributed by atoms with Crippen LogP contribution >= 0.6 is 27.3 Å². The minimum atomic E-state index is -0.312. The molecular formula is C13H11BrO3S. The van der Waals surface area contributed by atoms with Crippen LogP contribution in [0.2, 0.25) is 0 Å². The third-order valence-electron chi connectivity index (χ3n) is 2.09. The van der Waals surface area contributed by atoms with Crippen molar-refractivity contribution in [3.8, 4) is 10.8 Å². The lowest BCUT2D eigenvalue weighted by Gasteiger charge is -2.02. The fourth-order valence-electron chi connectivity index (χ4n) is 1.31. The maximum Gasteiger partial charge on any atom is 0.348 e. The topological polar surface area (TPSA) is 35.5 Å². The van der Waals surface area contributed by atoms with Crippen LogP contribution in [0.3, 0.4) is 0 Å². The van der Waals surface area contributed by atoms with Gasteiger partial charge in [-0.05, 0) is 43.3 Å². The largest absolute Gasteiger partial charge is 0.462 e. The number of carbonyl (C=O) groups is 1. The Morgan fingerprint density at radius 1 is 1.22 bits per heavy atom. The molecule has 0 aliphatic carbocycles. The van der Waals surface area contributed by atoms with Crippen LogP contribution in [-0.2, 0) is 4.74 Å². The van der Waals surface area contributed by atoms with Crippen LogP contribution < -0.4 is 4.74 Å². The van der Waals surface area contributed by atoms with Gasteiger partial charge in [-0.15, -0.1) is 0 Å². The molecule has 2 rings (SSSR count). The summed E-state index contributed by atoms with van der Waals surface area (Å²) in [6.45, 7) is 2.16. The van der Waals surface area contributed by atoms with Crippen LogP contribution in [0.1, 0.15) is 16.6 Å². The van der Waals surface area contributed by atoms with Crippen molar-refractivity contribution in [2.75, 3.05) is 6.61 Å². The highest BCUT2D eigenvalue weighted by molar-refractivity contribution is 9.10. The van der Waals surface area contributed by atoms with Gasteiger partial charge in [0.1, 0.15) is 10.6 Å². The second kappa shape index (κ2) is 6.02. The summed E-state index contributed by atoms with van der Waals surface area (Å²) in [5, 5.41) is 0.667. The first-order valence-electron chi connectivity index (χ1n) is 5.39. The van der Waals surface area contributed by atoms with Gasteiger partial charge < -0.3 is 9.47 Å². The lowest BCUT2D eigenvalue weighted by Crippen LogP contribution is -2.01. The molecule has 0 saturated heterocycles. The van der Waals surface area contributed by atoms with E-state index in [2.05, 4.69) is 15.9 Å². The van der Waals surface area contributed by atoms with Crippen LogP contribution in [-0.4, -0.2) is 12.6 Å². The van der Waals surface area contributed by atoms with Crippen molar-refractivity contribution in [3.63, 3.8) is 0 Å². The summed E-state index contributed by atoms with van der Waals surface area (Å²) in [7, 11) is 0. The van der Waals surface area contributed by atoms with E-state index in [0.717, 1.165) is 10.2 Å². The third-order valence-corrected chi connectivity index (χ3v) is 3.56. The van der Waals surface area contributed by atoms with Crippen LogP contribution in [0.15, 0.2) is 40.9 Å². The maximum absolute atomic E-state index is 11.5. The van der Waals surface area contributed by atoms with Crippen LogP contribution in [0.5, 0.6) is 10.8 Å². The molecule has 0 amide bonds. The van der Waals surface area contributed by atoms with E-state index in [0.29, 0.717) is 16.5 Å². The second-order valence-electron chi connectivity index (χ2n) is 3.40. The van der Waals surface area contributed by atoms with E-state index in [4.69, 9.17) is 9.47 Å². The molecule has 0 saturated carbocycles. The molecular weight excluding hydrogens is 316 g/mol. The number of benzene rings is 1. The SMILES string of the molecule is CCOC(=O)c1ccc(Oc2ccc(Br)cc2)s1. The number of rotatable bonds is 4. The van der Waals surface area contributed by atoms with E-state index in [9.17, 15) is 4.79 Å². The summed E-state index contributed by atoms with van der Waals surface area (Å²) in [5.41, 5.74) is 0. The highest BCUT2D eigenvalue weighted by Gasteiger charge is 2.10. The molecule has 0 radical (unpaired) electrons. The first-order chi connectivity index (χ1) is 8.69. The smallest absolute Gasteiger partial charge is 0.348 e. The quantitative estimate of drug-likeness (QED) is 0.777. The van der Waals surface area contributed by atoms with Gasteiger partial charge >= 0.3 is 5.97 Å². The summed E-state index contributed by atoms with van der Waals surface area (Å²) in [5.74, 6) is 0.420. The Morgan fingerprint density at radius 2 is 1.94 bits per heavy atom. The molecule has 3 nitrogen and oxygen atoms in total. The highest BCUT2D eigenvalue weighted by atomic mass is 79.9. The standard InChI is InChI=1S/C13H11BrO3S/c1-2-16-13(15)11-7-8-12(18-11)17-10-5-3-9(14)4-6-10/h3-8H,2H2,1H3. The maximum atomic E-state index is 11.5. The number of hydrogen-bond acceptors (Lipinski definition) is 4. The molecule has 0 unspecified atom stereocenters. The minimum Gasteiger partial charge on any atom is -0.462 e. The van der Waals surface area contributed by atoms with E-state index >= 15 is 0 Å². The third kappa shape index (κ3) is 3.34. The average molecular weight is 327 g/mol. The summed E-state index contributed by atoms with van der Waals surface area (Å²) < 4.78 is 11.5. The van der Waals surface area contributed by atoms with Gasteiger partial charge in [0, 0.05) is 4.47 Å². The van der Waals surface area contributed by atoms with Gasteiger partial charge in [0.05, 0.1) is 6.61 Å². The fraction of sp³-hybridized carbons (Fsp3) is 0.154. The van der Waals surface area contributed by atoms with Crippen molar-refractivity contribution in [1.82, 2.24) is 0 Å². The summed E-state index contributed by atoms with van der Waals surface area (Å²) >= 11 is 4.63. The molecule has 18 heavy (non-hydrogen) atoms. The zero-order valence-corrected chi connectivity index (χ0v) is 12.1. The zero-order chi connectivity index (χ0) is 13.0. The Bertz CT molecular complexity index is 533. The van der Waals surface area contributed by atoms with Gasteiger partial charge in [0.25, 0.3) is 0 Å². The van der Waals surface area contributed by atoms with Gasteiger partial charge in [-0.3, -0.25) is 0 Å². The Kier molecular flexibility index (Phi) is 4.38. The van der Waals surface area contributed by atoms with E-state index in [1.54, 1.807) is 19.1 Å². The molecule has 1 heterocycles. The lowest BCUT2D eigenvalue weighted by atomic mass is 10.3. The number of ether oxygens (including phenoxy) is 2. The normalized spacial score (nSPS) is 10.1. The van der Waals surface area contributed by atoms with E-state index < -0.39 is 0 Å². The molecule has 0 atom stereocenters. The van der Waals surface area contributed by atoms with Crippen molar-refractivity contribution < 1.29 is 14.3 Å². The lowest BCUT2D eigenvalue weighted by molar-refractivity contribution is 0.0532. The number of thiophene rings is 1. The molecule has 2 aromatic rings. The van der Waals surface area contributed by atoms with Gasteiger partial charge in [0.15, 0.2) is 5.06 Å². The van der Waals surface area contributed by atoms with Gasteiger partial charge in [0.2, 0.25) is 0 Å². The van der Waals surface area contributed by atoms with Crippen molar-refractivity contribution in [2.24, 2.45) is 0 Å². The average Bonchev–Trinajstić information content (AvgIpc) is 2.81. The summed E-state index contributed by atoms with van der Waals surface area (Å²) in [6, 6.07) is 11.0. The number of esters is 1. The predicted molar refractivity (Wildman–Crippen MR) is 74.5 cm³/mol. The van der Waals surface area contributed by atoms with Crippen molar-refractivity contribution >= 4 is 33.2 Å². The number of hydrogen-bond donors (Lipinski definition) is 0. The first kappa shape index (κ1) is 13.1. The van der Waals surface area contributed by atoms with E-state index in [1.807, 2.05) is 24.3 Å². The van der Waals surface area contributed by atoms with E-state index in [1.165, 1.54) is 11.3 Å². The number of halogens is 1. The Balaban J connectivity index is 2.06. The Hall–Kier alpha value is -1.33. The van der Waals surface area contributed by atoms with Crippen molar-refractivity contribution in [1.29, 1.82) is 0 Å². The van der Waals surface area contributed by atoms with Gasteiger partial charge in [-0.25, -0.2) is 4.79 Å². The molecule has 0 fully saturated rings.